The largest absolute Gasteiger partial charge is 0.312 e. The molecule has 1 N–H and O–H groups in total. The topological polar surface area (TPSA) is 15.3 Å². The van der Waals surface area contributed by atoms with Crippen LogP contribution >= 0.6 is 11.8 Å². The average molecular weight is 264 g/mol. The van der Waals surface area contributed by atoms with Crippen LogP contribution in [0.2, 0.25) is 0 Å². The minimum absolute atomic E-state index is 0.439. The maximum Gasteiger partial charge on any atom is 0.0483 e. The van der Waals surface area contributed by atoms with Gasteiger partial charge in [-0.1, -0.05) is 31.2 Å². The van der Waals surface area contributed by atoms with Crippen LogP contribution in [0.4, 0.5) is 0 Å². The summed E-state index contributed by atoms with van der Waals surface area (Å²) in [5, 5.41) is 3.51. The summed E-state index contributed by atoms with van der Waals surface area (Å²) >= 11 is 2.07. The zero-order chi connectivity index (χ0) is 13.0. The van der Waals surface area contributed by atoms with Gasteiger partial charge in [0.05, 0.1) is 0 Å². The first-order valence-corrected chi connectivity index (χ1v) is 7.95. The van der Waals surface area contributed by atoms with Gasteiger partial charge >= 0.3 is 0 Å². The summed E-state index contributed by atoms with van der Waals surface area (Å²) in [7, 11) is 4.33. The van der Waals surface area contributed by atoms with Gasteiger partial charge in [-0.25, -0.2) is 0 Å². The predicted octanol–water partition coefficient (Wildman–Crippen LogP) is 2.56. The van der Waals surface area contributed by atoms with Gasteiger partial charge in [-0.15, -0.1) is 0 Å². The summed E-state index contributed by atoms with van der Waals surface area (Å²) in [6.45, 7) is 3.41. The normalized spacial score (nSPS) is 22.9. The molecular formula is C15H24N2S. The molecule has 0 radical (unpaired) electrons. The minimum Gasteiger partial charge on any atom is -0.312 e. The lowest BCUT2D eigenvalue weighted by molar-refractivity contribution is 0.221. The molecule has 1 fully saturated rings. The van der Waals surface area contributed by atoms with E-state index in [1.165, 1.54) is 29.2 Å². The van der Waals surface area contributed by atoms with Crippen LogP contribution in [0.15, 0.2) is 24.3 Å². The van der Waals surface area contributed by atoms with Crippen LogP contribution < -0.4 is 5.32 Å². The Morgan fingerprint density at radius 2 is 2.33 bits per heavy atom. The number of hydrogen-bond donors (Lipinski definition) is 1. The van der Waals surface area contributed by atoms with E-state index in [0.29, 0.717) is 12.1 Å². The van der Waals surface area contributed by atoms with E-state index in [2.05, 4.69) is 67.3 Å². The molecule has 0 amide bonds. The molecule has 2 nitrogen and oxygen atoms in total. The van der Waals surface area contributed by atoms with E-state index in [-0.39, 0.29) is 0 Å². The first-order chi connectivity index (χ1) is 8.76. The Labute approximate surface area is 115 Å². The Hall–Kier alpha value is -0.510. The van der Waals surface area contributed by atoms with Gasteiger partial charge in [0.25, 0.3) is 0 Å². The first kappa shape index (κ1) is 13.9. The van der Waals surface area contributed by atoms with E-state index in [0.717, 1.165) is 6.42 Å². The van der Waals surface area contributed by atoms with Gasteiger partial charge in [0.2, 0.25) is 0 Å². The van der Waals surface area contributed by atoms with E-state index in [1.54, 1.807) is 0 Å². The molecule has 1 saturated heterocycles. The maximum atomic E-state index is 3.51. The maximum absolute atomic E-state index is 3.51. The van der Waals surface area contributed by atoms with Crippen molar-refractivity contribution in [1.29, 1.82) is 0 Å². The molecule has 2 rings (SSSR count). The first-order valence-electron chi connectivity index (χ1n) is 6.80. The zero-order valence-electron chi connectivity index (χ0n) is 11.6. The number of nitrogens with one attached hydrogen (secondary N) is 1. The average Bonchev–Trinajstić information content (AvgIpc) is 2.42. The van der Waals surface area contributed by atoms with Crippen LogP contribution in [-0.2, 0) is 6.42 Å². The molecule has 0 aromatic heterocycles. The van der Waals surface area contributed by atoms with Crippen molar-refractivity contribution in [3.63, 3.8) is 0 Å². The third-order valence-corrected chi connectivity index (χ3v) is 4.91. The molecule has 18 heavy (non-hydrogen) atoms. The minimum atomic E-state index is 0.439. The van der Waals surface area contributed by atoms with Crippen molar-refractivity contribution in [2.75, 3.05) is 32.1 Å². The van der Waals surface area contributed by atoms with Gasteiger partial charge < -0.3 is 5.32 Å². The smallest absolute Gasteiger partial charge is 0.0483 e. The van der Waals surface area contributed by atoms with Crippen LogP contribution in [0.25, 0.3) is 0 Å². The molecule has 1 aliphatic heterocycles. The number of benzene rings is 1. The Kier molecular flexibility index (Phi) is 5.10. The molecule has 1 heterocycles. The van der Waals surface area contributed by atoms with Crippen LogP contribution in [0.3, 0.4) is 0 Å². The fourth-order valence-electron chi connectivity index (χ4n) is 2.64. The lowest BCUT2D eigenvalue weighted by Crippen LogP contribution is -2.47. The highest BCUT2D eigenvalue weighted by Gasteiger charge is 2.28. The second-order valence-electron chi connectivity index (χ2n) is 4.99. The Morgan fingerprint density at radius 3 is 3.00 bits per heavy atom. The van der Waals surface area contributed by atoms with Crippen molar-refractivity contribution < 1.29 is 0 Å². The second-order valence-corrected chi connectivity index (χ2v) is 6.14. The van der Waals surface area contributed by atoms with Gasteiger partial charge in [-0.05, 0) is 31.6 Å². The highest BCUT2D eigenvalue weighted by Crippen LogP contribution is 2.27. The van der Waals surface area contributed by atoms with E-state index < -0.39 is 0 Å². The molecule has 2 unspecified atom stereocenters. The fraction of sp³-hybridized carbons (Fsp3) is 0.600. The van der Waals surface area contributed by atoms with Crippen molar-refractivity contribution in [2.45, 2.75) is 25.4 Å². The van der Waals surface area contributed by atoms with Crippen molar-refractivity contribution in [2.24, 2.45) is 0 Å². The molecule has 1 aromatic carbocycles. The van der Waals surface area contributed by atoms with Crippen molar-refractivity contribution >= 4 is 11.8 Å². The SMILES string of the molecule is CCc1cccc(C(NC)C2CSCCN2C)c1. The van der Waals surface area contributed by atoms with Crippen LogP contribution in [0, 0.1) is 0 Å². The van der Waals surface area contributed by atoms with Crippen LogP contribution in [0.5, 0.6) is 0 Å². The molecule has 3 heteroatoms. The number of thioether (sulfide) groups is 1. The van der Waals surface area contributed by atoms with Gasteiger partial charge in [0.15, 0.2) is 0 Å². The lowest BCUT2D eigenvalue weighted by Gasteiger charge is -2.38. The quantitative estimate of drug-likeness (QED) is 0.900. The number of aryl methyl sites for hydroxylation is 1. The number of rotatable bonds is 4. The van der Waals surface area contributed by atoms with Crippen molar-refractivity contribution in [1.82, 2.24) is 10.2 Å². The molecule has 0 saturated carbocycles. The van der Waals surface area contributed by atoms with Crippen LogP contribution in [-0.4, -0.2) is 43.1 Å². The number of likely N-dealkylation sites (N-methyl/N-ethyl adjacent to an activating group) is 2. The summed E-state index contributed by atoms with van der Waals surface area (Å²) in [6.07, 6.45) is 1.11. The van der Waals surface area contributed by atoms with Crippen molar-refractivity contribution in [3.05, 3.63) is 35.4 Å². The fourth-order valence-corrected chi connectivity index (χ4v) is 3.92. The summed E-state index contributed by atoms with van der Waals surface area (Å²) in [4.78, 5) is 2.50. The number of nitrogens with zero attached hydrogens (tertiary/aromatic N) is 1. The summed E-state index contributed by atoms with van der Waals surface area (Å²) in [6, 6.07) is 10.1. The summed E-state index contributed by atoms with van der Waals surface area (Å²) in [5.41, 5.74) is 2.86. The van der Waals surface area contributed by atoms with E-state index >= 15 is 0 Å². The Bertz CT molecular complexity index is 381. The van der Waals surface area contributed by atoms with E-state index in [4.69, 9.17) is 0 Å². The standard InChI is InChI=1S/C15H24N2S/c1-4-12-6-5-7-13(10-12)15(16-2)14-11-18-9-8-17(14)3/h5-7,10,14-16H,4,8-9,11H2,1-3H3. The molecule has 0 spiro atoms. The van der Waals surface area contributed by atoms with Gasteiger partial charge in [0, 0.05) is 30.1 Å². The highest BCUT2D eigenvalue weighted by atomic mass is 32.2. The van der Waals surface area contributed by atoms with E-state index in [9.17, 15) is 0 Å². The second kappa shape index (κ2) is 6.60. The third-order valence-electron chi connectivity index (χ3n) is 3.86. The molecule has 1 aliphatic rings. The third kappa shape index (κ3) is 3.08. The molecule has 100 valence electrons. The molecule has 2 atom stereocenters. The van der Waals surface area contributed by atoms with Crippen molar-refractivity contribution in [3.8, 4) is 0 Å². The summed E-state index contributed by atoms with van der Waals surface area (Å²) in [5.74, 6) is 2.48. The Morgan fingerprint density at radius 1 is 1.50 bits per heavy atom. The molecule has 0 bridgehead atoms. The predicted molar refractivity (Wildman–Crippen MR) is 81.4 cm³/mol. The van der Waals surface area contributed by atoms with E-state index in [1.807, 2.05) is 0 Å². The monoisotopic (exact) mass is 264 g/mol. The zero-order valence-corrected chi connectivity index (χ0v) is 12.5. The molecular weight excluding hydrogens is 240 g/mol. The Balaban J connectivity index is 2.20. The molecule has 0 aliphatic carbocycles. The van der Waals surface area contributed by atoms with Gasteiger partial charge in [-0.2, -0.15) is 11.8 Å². The summed E-state index contributed by atoms with van der Waals surface area (Å²) < 4.78 is 0. The van der Waals surface area contributed by atoms with Crippen LogP contribution in [0.1, 0.15) is 24.1 Å². The highest BCUT2D eigenvalue weighted by molar-refractivity contribution is 7.99. The number of hydrogen-bond acceptors (Lipinski definition) is 3. The molecule has 1 aromatic rings. The van der Waals surface area contributed by atoms with Gasteiger partial charge in [-0.3, -0.25) is 4.90 Å². The lowest BCUT2D eigenvalue weighted by atomic mass is 9.97. The van der Waals surface area contributed by atoms with Gasteiger partial charge in [0.1, 0.15) is 0 Å².